The van der Waals surface area contributed by atoms with Gasteiger partial charge in [0.15, 0.2) is 0 Å². The zero-order valence-electron chi connectivity index (χ0n) is 9.55. The van der Waals surface area contributed by atoms with Gasteiger partial charge in [-0.05, 0) is 35.6 Å². The van der Waals surface area contributed by atoms with E-state index >= 15 is 0 Å². The van der Waals surface area contributed by atoms with Crippen LogP contribution in [0.2, 0.25) is 0 Å². The Hall–Kier alpha value is -0.770. The van der Waals surface area contributed by atoms with Crippen molar-refractivity contribution in [2.24, 2.45) is 0 Å². The molecule has 1 rings (SSSR count). The number of halogens is 5. The average molecular weight is 410 g/mol. The summed E-state index contributed by atoms with van der Waals surface area (Å²) in [4.78, 5) is 15.2. The first-order valence-electron chi connectivity index (χ1n) is 4.96. The first-order chi connectivity index (χ1) is 8.78. The highest BCUT2D eigenvalue weighted by Gasteiger charge is 2.34. The molecule has 0 saturated carbocycles. The van der Waals surface area contributed by atoms with Crippen LogP contribution < -0.4 is 4.74 Å². The molecule has 1 aromatic rings. The predicted molar refractivity (Wildman–Crippen MR) is 69.2 cm³/mol. The largest absolute Gasteiger partial charge is 0.574 e. The Morgan fingerprint density at radius 2 is 2.16 bits per heavy atom. The second kappa shape index (κ2) is 6.60. The number of alkyl halides is 4. The summed E-state index contributed by atoms with van der Waals surface area (Å²) in [6.45, 7) is 1.68. The highest BCUT2D eigenvalue weighted by Crippen LogP contribution is 2.29. The molecule has 0 fully saturated rings. The maximum Gasteiger partial charge on any atom is 0.574 e. The second-order valence-corrected chi connectivity index (χ2v) is 4.53. The SMILES string of the molecule is CCOC(=O)c1cc(CCl)nc(OC(F)(F)F)c1I. The first kappa shape index (κ1) is 16.3. The molecule has 0 aliphatic heterocycles. The number of carbonyl (C=O) groups is 1. The van der Waals surface area contributed by atoms with E-state index in [1.165, 1.54) is 28.7 Å². The van der Waals surface area contributed by atoms with Crippen LogP contribution in [-0.4, -0.2) is 23.9 Å². The lowest BCUT2D eigenvalue weighted by Gasteiger charge is -2.13. The zero-order chi connectivity index (χ0) is 14.6. The minimum Gasteiger partial charge on any atom is -0.462 e. The van der Waals surface area contributed by atoms with Gasteiger partial charge in [0.05, 0.1) is 27.3 Å². The number of hydrogen-bond acceptors (Lipinski definition) is 4. The van der Waals surface area contributed by atoms with Crippen molar-refractivity contribution in [3.8, 4) is 5.88 Å². The molecule has 106 valence electrons. The van der Waals surface area contributed by atoms with Crippen molar-refractivity contribution in [2.45, 2.75) is 19.2 Å². The molecular weight excluding hydrogens is 401 g/mol. The van der Waals surface area contributed by atoms with Crippen LogP contribution in [0.25, 0.3) is 0 Å². The summed E-state index contributed by atoms with van der Waals surface area (Å²) in [6, 6.07) is 1.27. The van der Waals surface area contributed by atoms with Gasteiger partial charge in [0.25, 0.3) is 0 Å². The standard InChI is InChI=1S/C10H8ClF3INO3/c1-2-18-9(17)6-3-5(4-11)16-8(7(6)15)19-10(12,13)14/h3H,2,4H2,1H3. The summed E-state index contributed by atoms with van der Waals surface area (Å²) in [5.41, 5.74) is 0.0248. The Kier molecular flexibility index (Phi) is 5.65. The van der Waals surface area contributed by atoms with E-state index in [4.69, 9.17) is 16.3 Å². The molecule has 0 aliphatic carbocycles. The summed E-state index contributed by atoms with van der Waals surface area (Å²) < 4.78 is 45.1. The van der Waals surface area contributed by atoms with Crippen molar-refractivity contribution < 1.29 is 27.4 Å². The number of rotatable bonds is 4. The third-order valence-electron chi connectivity index (χ3n) is 1.82. The van der Waals surface area contributed by atoms with Crippen LogP contribution in [-0.2, 0) is 10.6 Å². The van der Waals surface area contributed by atoms with Crippen LogP contribution in [0.3, 0.4) is 0 Å². The van der Waals surface area contributed by atoms with Gasteiger partial charge in [-0.15, -0.1) is 24.8 Å². The third-order valence-corrected chi connectivity index (χ3v) is 3.14. The van der Waals surface area contributed by atoms with Gasteiger partial charge in [0.2, 0.25) is 5.88 Å². The maximum absolute atomic E-state index is 12.2. The number of nitrogens with zero attached hydrogens (tertiary/aromatic N) is 1. The maximum atomic E-state index is 12.2. The fraction of sp³-hybridized carbons (Fsp3) is 0.400. The van der Waals surface area contributed by atoms with E-state index < -0.39 is 18.2 Å². The number of carbonyl (C=O) groups excluding carboxylic acids is 1. The molecule has 0 saturated heterocycles. The molecule has 1 aromatic heterocycles. The van der Waals surface area contributed by atoms with E-state index in [-0.39, 0.29) is 27.3 Å². The molecule has 9 heteroatoms. The van der Waals surface area contributed by atoms with E-state index in [0.717, 1.165) is 0 Å². The average Bonchev–Trinajstić information content (AvgIpc) is 2.30. The molecule has 0 radical (unpaired) electrons. The van der Waals surface area contributed by atoms with Gasteiger partial charge >= 0.3 is 12.3 Å². The Morgan fingerprint density at radius 1 is 1.53 bits per heavy atom. The number of aromatic nitrogens is 1. The van der Waals surface area contributed by atoms with Crippen LogP contribution >= 0.6 is 34.2 Å². The van der Waals surface area contributed by atoms with E-state index in [1.807, 2.05) is 0 Å². The van der Waals surface area contributed by atoms with Crippen molar-refractivity contribution >= 4 is 40.2 Å². The summed E-state index contributed by atoms with van der Waals surface area (Å²) >= 11 is 7.06. The Bertz CT molecular complexity index is 482. The lowest BCUT2D eigenvalue weighted by atomic mass is 10.2. The van der Waals surface area contributed by atoms with Crippen LogP contribution in [0.4, 0.5) is 13.2 Å². The van der Waals surface area contributed by atoms with E-state index in [0.29, 0.717) is 0 Å². The summed E-state index contributed by atoms with van der Waals surface area (Å²) in [7, 11) is 0. The van der Waals surface area contributed by atoms with E-state index in [9.17, 15) is 18.0 Å². The molecule has 1 heterocycles. The van der Waals surface area contributed by atoms with E-state index in [1.54, 1.807) is 6.92 Å². The lowest BCUT2D eigenvalue weighted by Crippen LogP contribution is -2.20. The van der Waals surface area contributed by atoms with Gasteiger partial charge in [-0.2, -0.15) is 0 Å². The Labute approximate surface area is 125 Å². The van der Waals surface area contributed by atoms with Gasteiger partial charge in [-0.25, -0.2) is 9.78 Å². The Balaban J connectivity index is 3.24. The minimum atomic E-state index is -4.90. The molecular formula is C10H8ClF3INO3. The Morgan fingerprint density at radius 3 is 2.63 bits per heavy atom. The lowest BCUT2D eigenvalue weighted by molar-refractivity contribution is -0.276. The monoisotopic (exact) mass is 409 g/mol. The van der Waals surface area contributed by atoms with Crippen molar-refractivity contribution in [1.29, 1.82) is 0 Å². The van der Waals surface area contributed by atoms with Gasteiger partial charge in [0.1, 0.15) is 0 Å². The van der Waals surface area contributed by atoms with Crippen LogP contribution in [0.5, 0.6) is 5.88 Å². The summed E-state index contributed by atoms with van der Waals surface area (Å²) in [5, 5.41) is 0. The third kappa shape index (κ3) is 4.68. The summed E-state index contributed by atoms with van der Waals surface area (Å²) in [5.74, 6) is -1.63. The van der Waals surface area contributed by atoms with Crippen LogP contribution in [0, 0.1) is 3.57 Å². The summed E-state index contributed by atoms with van der Waals surface area (Å²) in [6.07, 6.45) is -4.90. The van der Waals surface area contributed by atoms with Gasteiger partial charge in [0, 0.05) is 0 Å². The molecule has 0 aromatic carbocycles. The smallest absolute Gasteiger partial charge is 0.462 e. The normalized spacial score (nSPS) is 11.3. The van der Waals surface area contributed by atoms with E-state index in [2.05, 4.69) is 9.72 Å². The number of hydrogen-bond donors (Lipinski definition) is 0. The molecule has 0 spiro atoms. The number of ether oxygens (including phenoxy) is 2. The van der Waals surface area contributed by atoms with Crippen molar-refractivity contribution in [2.75, 3.05) is 6.61 Å². The minimum absolute atomic E-state index is 0.0626. The molecule has 0 amide bonds. The fourth-order valence-electron chi connectivity index (χ4n) is 1.16. The fourth-order valence-corrected chi connectivity index (χ4v) is 1.90. The van der Waals surface area contributed by atoms with Crippen LogP contribution in [0.15, 0.2) is 6.07 Å². The molecule has 0 bridgehead atoms. The van der Waals surface area contributed by atoms with Crippen molar-refractivity contribution in [3.05, 3.63) is 20.9 Å². The number of pyridine rings is 1. The molecule has 0 unspecified atom stereocenters. The molecule has 0 atom stereocenters. The molecule has 19 heavy (non-hydrogen) atoms. The first-order valence-corrected chi connectivity index (χ1v) is 6.58. The van der Waals surface area contributed by atoms with Gasteiger partial charge in [-0.3, -0.25) is 0 Å². The van der Waals surface area contributed by atoms with Gasteiger partial charge in [-0.1, -0.05) is 0 Å². The van der Waals surface area contributed by atoms with Crippen molar-refractivity contribution in [1.82, 2.24) is 4.98 Å². The molecule has 0 N–H and O–H groups in total. The highest BCUT2D eigenvalue weighted by atomic mass is 127. The highest BCUT2D eigenvalue weighted by molar-refractivity contribution is 14.1. The topological polar surface area (TPSA) is 48.4 Å². The number of esters is 1. The quantitative estimate of drug-likeness (QED) is 0.434. The zero-order valence-corrected chi connectivity index (χ0v) is 12.5. The van der Waals surface area contributed by atoms with Gasteiger partial charge < -0.3 is 9.47 Å². The molecule has 4 nitrogen and oxygen atoms in total. The van der Waals surface area contributed by atoms with Crippen LogP contribution in [0.1, 0.15) is 23.0 Å². The van der Waals surface area contributed by atoms with Crippen molar-refractivity contribution in [3.63, 3.8) is 0 Å². The predicted octanol–water partition coefficient (Wildman–Crippen LogP) is 3.50. The molecule has 0 aliphatic rings. The second-order valence-electron chi connectivity index (χ2n) is 3.18.